The van der Waals surface area contributed by atoms with Gasteiger partial charge in [-0.05, 0) is 13.8 Å². The van der Waals surface area contributed by atoms with Gasteiger partial charge in [0.2, 0.25) is 0 Å². The molecule has 0 atom stereocenters. The van der Waals surface area contributed by atoms with E-state index in [1.54, 1.807) is 6.21 Å². The summed E-state index contributed by atoms with van der Waals surface area (Å²) >= 11 is 11.6. The second-order valence-electron chi connectivity index (χ2n) is 3.33. The van der Waals surface area contributed by atoms with Crippen LogP contribution in [0.3, 0.4) is 0 Å². The van der Waals surface area contributed by atoms with E-state index in [1.807, 2.05) is 13.8 Å². The molecular formula is C8H11Cl2N3. The zero-order chi connectivity index (χ0) is 10.1. The van der Waals surface area contributed by atoms with Gasteiger partial charge in [0.15, 0.2) is 0 Å². The Morgan fingerprint density at radius 2 is 2.08 bits per heavy atom. The molecule has 0 aromatic carbocycles. The Morgan fingerprint density at radius 1 is 1.46 bits per heavy atom. The fraction of sp³-hybridized carbons (Fsp3) is 0.375. The normalized spacial score (nSPS) is 18.1. The highest BCUT2D eigenvalue weighted by Gasteiger charge is 2.20. The van der Waals surface area contributed by atoms with Crippen LogP contribution in [0.4, 0.5) is 0 Å². The largest absolute Gasteiger partial charge is 0.335 e. The molecule has 0 aromatic heterocycles. The van der Waals surface area contributed by atoms with Gasteiger partial charge in [-0.2, -0.15) is 0 Å². The third kappa shape index (κ3) is 2.72. The molecule has 5 heteroatoms. The van der Waals surface area contributed by atoms with E-state index in [0.717, 1.165) is 5.57 Å². The van der Waals surface area contributed by atoms with Gasteiger partial charge in [0.25, 0.3) is 0 Å². The monoisotopic (exact) mass is 219 g/mol. The molecule has 3 nitrogen and oxygen atoms in total. The Labute approximate surface area is 87.3 Å². The molecule has 1 heterocycles. The minimum Gasteiger partial charge on any atom is -0.335 e. The fourth-order valence-electron chi connectivity index (χ4n) is 0.888. The lowest BCUT2D eigenvalue weighted by Crippen LogP contribution is -2.36. The lowest BCUT2D eigenvalue weighted by molar-refractivity contribution is 0.631. The molecule has 1 aliphatic rings. The van der Waals surface area contributed by atoms with Crippen molar-refractivity contribution in [3.63, 3.8) is 0 Å². The van der Waals surface area contributed by atoms with Crippen LogP contribution in [0.2, 0.25) is 0 Å². The molecule has 13 heavy (non-hydrogen) atoms. The Morgan fingerprint density at radius 3 is 2.62 bits per heavy atom. The maximum Gasteiger partial charge on any atom is 0.125 e. The maximum absolute atomic E-state index is 5.94. The average Bonchev–Trinajstić information content (AvgIpc) is 2.08. The van der Waals surface area contributed by atoms with Gasteiger partial charge < -0.3 is 11.1 Å². The average molecular weight is 220 g/mol. The van der Waals surface area contributed by atoms with Crippen LogP contribution in [-0.4, -0.2) is 11.8 Å². The van der Waals surface area contributed by atoms with E-state index in [0.29, 0.717) is 10.3 Å². The zero-order valence-corrected chi connectivity index (χ0v) is 8.95. The highest BCUT2D eigenvalue weighted by Crippen LogP contribution is 2.20. The molecule has 72 valence electrons. The summed E-state index contributed by atoms with van der Waals surface area (Å²) < 4.78 is 0. The molecule has 1 rings (SSSR count). The number of aliphatic imine (C=N–C) groups is 1. The quantitative estimate of drug-likeness (QED) is 0.663. The lowest BCUT2D eigenvalue weighted by atomic mass is 9.97. The highest BCUT2D eigenvalue weighted by atomic mass is 35.5. The molecule has 0 fully saturated rings. The van der Waals surface area contributed by atoms with Crippen LogP contribution in [0.25, 0.3) is 0 Å². The minimum atomic E-state index is -0.539. The molecule has 0 radical (unpaired) electrons. The molecule has 3 N–H and O–H groups in total. The minimum absolute atomic E-state index is 0.375. The van der Waals surface area contributed by atoms with E-state index in [1.165, 1.54) is 6.20 Å². The Hall–Kier alpha value is -0.510. The Kier molecular flexibility index (Phi) is 3.01. The van der Waals surface area contributed by atoms with E-state index in [4.69, 9.17) is 28.9 Å². The molecule has 0 amide bonds. The molecule has 1 aliphatic heterocycles. The van der Waals surface area contributed by atoms with E-state index in [2.05, 4.69) is 10.3 Å². The van der Waals surface area contributed by atoms with Crippen LogP contribution < -0.4 is 11.1 Å². The number of rotatable bonds is 1. The summed E-state index contributed by atoms with van der Waals surface area (Å²) in [6.07, 6.45) is 3.08. The van der Waals surface area contributed by atoms with Crippen LogP contribution >= 0.6 is 23.2 Å². The number of nitrogens with zero attached hydrogens (tertiary/aromatic N) is 1. The number of halogens is 2. The second-order valence-corrected chi connectivity index (χ2v) is 4.11. The number of nitrogens with two attached hydrogens (primary N) is 1. The van der Waals surface area contributed by atoms with Crippen molar-refractivity contribution in [3.05, 3.63) is 22.1 Å². The third-order valence-corrected chi connectivity index (χ3v) is 2.04. The fourth-order valence-corrected chi connectivity index (χ4v) is 1.48. The van der Waals surface area contributed by atoms with Crippen molar-refractivity contribution in [2.75, 3.05) is 0 Å². The molecule has 0 aliphatic carbocycles. The van der Waals surface area contributed by atoms with Crippen molar-refractivity contribution in [2.45, 2.75) is 19.4 Å². The van der Waals surface area contributed by atoms with Gasteiger partial charge in [-0.25, -0.2) is 0 Å². The van der Waals surface area contributed by atoms with Gasteiger partial charge in [0.1, 0.15) is 10.3 Å². The summed E-state index contributed by atoms with van der Waals surface area (Å²) in [5.74, 6) is 0. The highest BCUT2D eigenvalue weighted by molar-refractivity contribution is 6.34. The van der Waals surface area contributed by atoms with Gasteiger partial charge in [0.05, 0.1) is 6.20 Å². The Bertz CT molecular complexity index is 297. The van der Waals surface area contributed by atoms with Crippen molar-refractivity contribution in [3.8, 4) is 0 Å². The smallest absolute Gasteiger partial charge is 0.125 e. The van der Waals surface area contributed by atoms with Gasteiger partial charge >= 0.3 is 0 Å². The molecule has 0 aromatic rings. The molecule has 0 spiro atoms. The van der Waals surface area contributed by atoms with Crippen LogP contribution in [0.1, 0.15) is 13.8 Å². The van der Waals surface area contributed by atoms with Crippen LogP contribution in [0.15, 0.2) is 27.1 Å². The van der Waals surface area contributed by atoms with Crippen LogP contribution in [0, 0.1) is 0 Å². The van der Waals surface area contributed by atoms with Gasteiger partial charge in [-0.1, -0.05) is 23.2 Å². The van der Waals surface area contributed by atoms with E-state index < -0.39 is 5.54 Å². The second kappa shape index (κ2) is 3.70. The molecule has 0 unspecified atom stereocenters. The molecule has 0 saturated carbocycles. The van der Waals surface area contributed by atoms with Crippen molar-refractivity contribution < 1.29 is 0 Å². The van der Waals surface area contributed by atoms with Gasteiger partial charge in [0, 0.05) is 17.3 Å². The van der Waals surface area contributed by atoms with Crippen LogP contribution in [-0.2, 0) is 0 Å². The molecule has 0 bridgehead atoms. The first-order valence-corrected chi connectivity index (χ1v) is 4.52. The van der Waals surface area contributed by atoms with Crippen molar-refractivity contribution in [1.82, 2.24) is 5.32 Å². The van der Waals surface area contributed by atoms with Crippen LogP contribution in [0.5, 0.6) is 0 Å². The summed E-state index contributed by atoms with van der Waals surface area (Å²) in [6.45, 7) is 3.69. The van der Waals surface area contributed by atoms with E-state index in [9.17, 15) is 0 Å². The maximum atomic E-state index is 5.94. The number of hydrogen-bond donors (Lipinski definition) is 2. The van der Waals surface area contributed by atoms with Gasteiger partial charge in [-0.15, -0.1) is 0 Å². The summed E-state index contributed by atoms with van der Waals surface area (Å²) in [5.41, 5.74) is 6.06. The third-order valence-electron chi connectivity index (χ3n) is 1.55. The predicted molar refractivity (Wildman–Crippen MR) is 56.7 cm³/mol. The van der Waals surface area contributed by atoms with Crippen molar-refractivity contribution >= 4 is 29.4 Å². The lowest BCUT2D eigenvalue weighted by Gasteiger charge is -2.20. The molecular weight excluding hydrogens is 209 g/mol. The number of nitrogens with one attached hydrogen (secondary N) is 1. The summed E-state index contributed by atoms with van der Waals surface area (Å²) in [7, 11) is 0. The first-order valence-electron chi connectivity index (χ1n) is 3.76. The Balaban J connectivity index is 3.05. The van der Waals surface area contributed by atoms with Gasteiger partial charge in [-0.3, -0.25) is 4.99 Å². The van der Waals surface area contributed by atoms with Crippen molar-refractivity contribution in [2.24, 2.45) is 10.7 Å². The zero-order valence-electron chi connectivity index (χ0n) is 7.44. The van der Waals surface area contributed by atoms with E-state index >= 15 is 0 Å². The first-order chi connectivity index (χ1) is 5.91. The standard InChI is InChI=1S/C8H11Cl2N3/c1-8(2,11)5-3-12-4-6(9)13-7(5)10/h3-4,13H,11H2,1-2H3. The predicted octanol–water partition coefficient (Wildman–Crippen LogP) is 1.89. The SMILES string of the molecule is CC(C)(N)C1=C(Cl)NC(Cl)=CN=C1. The summed E-state index contributed by atoms with van der Waals surface area (Å²) in [4.78, 5) is 3.95. The van der Waals surface area contributed by atoms with Crippen molar-refractivity contribution in [1.29, 1.82) is 0 Å². The molecule has 0 saturated heterocycles. The first kappa shape index (κ1) is 10.6. The summed E-state index contributed by atoms with van der Waals surface area (Å²) in [6, 6.07) is 0. The topological polar surface area (TPSA) is 50.4 Å². The van der Waals surface area contributed by atoms with E-state index in [-0.39, 0.29) is 0 Å². The summed E-state index contributed by atoms with van der Waals surface area (Å²) in [5, 5.41) is 3.55. The number of hydrogen-bond acceptors (Lipinski definition) is 3.